The topological polar surface area (TPSA) is 56.8 Å². The van der Waals surface area contributed by atoms with E-state index >= 15 is 0 Å². The Labute approximate surface area is 158 Å². The molecule has 1 unspecified atom stereocenters. The second kappa shape index (κ2) is 8.76. The zero-order valence-electron chi connectivity index (χ0n) is 12.5. The zero-order valence-corrected chi connectivity index (χ0v) is 16.8. The highest BCUT2D eigenvalue weighted by molar-refractivity contribution is 14.1. The third-order valence-electron chi connectivity index (χ3n) is 3.88. The zero-order chi connectivity index (χ0) is 16.1. The number of rotatable bonds is 5. The number of carbonyl (C=O) groups excluding carboxylic acids is 1. The molecule has 22 heavy (non-hydrogen) atoms. The van der Waals surface area contributed by atoms with Gasteiger partial charge in [-0.25, -0.2) is 0 Å². The Balaban J connectivity index is 1.91. The van der Waals surface area contributed by atoms with Crippen molar-refractivity contribution < 1.29 is 15.7 Å². The van der Waals surface area contributed by atoms with E-state index in [0.29, 0.717) is 18.7 Å². The van der Waals surface area contributed by atoms with Crippen LogP contribution < -0.4 is 5.32 Å². The summed E-state index contributed by atoms with van der Waals surface area (Å²) in [6.45, 7) is 4.97. The molecule has 5 nitrogen and oxygen atoms in total. The summed E-state index contributed by atoms with van der Waals surface area (Å²) in [5, 5.41) is 2.92. The first-order chi connectivity index (χ1) is 10.5. The molecule has 1 fully saturated rings. The molecule has 1 saturated heterocycles. The SMILES string of the molecule is Cc1ccc(C(=O)NC[C@@H]2OC[C@H](OI)CC2OI)cc1C. The number of ether oxygens (including phenoxy) is 1. The molecule has 122 valence electrons. The quantitative estimate of drug-likeness (QED) is 0.594. The molecule has 0 aromatic heterocycles. The molecule has 1 heterocycles. The maximum atomic E-state index is 12.2. The Morgan fingerprint density at radius 3 is 2.73 bits per heavy atom. The minimum atomic E-state index is -0.157. The molecule has 1 aromatic rings. The van der Waals surface area contributed by atoms with Crippen molar-refractivity contribution >= 4 is 51.9 Å². The summed E-state index contributed by atoms with van der Waals surface area (Å²) >= 11 is 3.75. The van der Waals surface area contributed by atoms with Crippen molar-refractivity contribution in [1.82, 2.24) is 5.32 Å². The molecule has 0 saturated carbocycles. The fourth-order valence-electron chi connectivity index (χ4n) is 2.34. The maximum Gasteiger partial charge on any atom is 0.251 e. The molecular weight excluding hydrogens is 512 g/mol. The summed E-state index contributed by atoms with van der Waals surface area (Å²) in [5.41, 5.74) is 2.95. The lowest BCUT2D eigenvalue weighted by molar-refractivity contribution is -0.0850. The molecule has 2 rings (SSSR count). The van der Waals surface area contributed by atoms with Gasteiger partial charge < -0.3 is 16.2 Å². The number of hydrogen-bond acceptors (Lipinski definition) is 4. The second-order valence-corrected chi connectivity index (χ2v) is 6.47. The number of halogens is 2. The van der Waals surface area contributed by atoms with Gasteiger partial charge in [-0.1, -0.05) is 6.07 Å². The maximum absolute atomic E-state index is 12.2. The van der Waals surface area contributed by atoms with E-state index in [0.717, 1.165) is 12.0 Å². The Morgan fingerprint density at radius 1 is 1.32 bits per heavy atom. The molecule has 0 spiro atoms. The van der Waals surface area contributed by atoms with Gasteiger partial charge in [0.25, 0.3) is 5.91 Å². The molecule has 1 aromatic carbocycles. The third-order valence-corrected chi connectivity index (χ3v) is 5.25. The van der Waals surface area contributed by atoms with Gasteiger partial charge in [0.05, 0.1) is 12.7 Å². The normalized spacial score (nSPS) is 25.0. The minimum absolute atomic E-state index is 0.0343. The van der Waals surface area contributed by atoms with Gasteiger partial charge in [0.2, 0.25) is 0 Å². The molecule has 1 aliphatic heterocycles. The van der Waals surface area contributed by atoms with Crippen molar-refractivity contribution in [1.29, 1.82) is 0 Å². The summed E-state index contributed by atoms with van der Waals surface area (Å²) in [6.07, 6.45) is 0.548. The monoisotopic (exact) mass is 531 g/mol. The largest absolute Gasteiger partial charge is 0.371 e. The predicted molar refractivity (Wildman–Crippen MR) is 100 cm³/mol. The molecule has 1 aliphatic rings. The molecule has 1 amide bonds. The van der Waals surface area contributed by atoms with Crippen LogP contribution in [-0.2, 0) is 10.9 Å². The van der Waals surface area contributed by atoms with Crippen LogP contribution in [0.4, 0.5) is 0 Å². The number of benzene rings is 1. The lowest BCUT2D eigenvalue weighted by atomic mass is 10.0. The molecular formula is C15H19I2NO4. The van der Waals surface area contributed by atoms with Gasteiger partial charge in [0.15, 0.2) is 0 Å². The smallest absolute Gasteiger partial charge is 0.251 e. The van der Waals surface area contributed by atoms with E-state index in [2.05, 4.69) is 5.32 Å². The summed E-state index contributed by atoms with van der Waals surface area (Å²) in [6, 6.07) is 5.70. The van der Waals surface area contributed by atoms with Crippen molar-refractivity contribution in [3.63, 3.8) is 0 Å². The molecule has 7 heteroatoms. The van der Waals surface area contributed by atoms with Crippen LogP contribution in [0.2, 0.25) is 0 Å². The summed E-state index contributed by atoms with van der Waals surface area (Å²) in [4.78, 5) is 12.2. The Kier molecular flexibility index (Phi) is 7.32. The van der Waals surface area contributed by atoms with Crippen LogP contribution in [0.1, 0.15) is 27.9 Å². The molecule has 1 N–H and O–H groups in total. The predicted octanol–water partition coefficient (Wildman–Crippen LogP) is 3.29. The van der Waals surface area contributed by atoms with Gasteiger partial charge in [0.1, 0.15) is 58.2 Å². The lowest BCUT2D eigenvalue weighted by Gasteiger charge is -2.33. The van der Waals surface area contributed by atoms with Gasteiger partial charge in [-0.2, -0.15) is 0 Å². The average molecular weight is 531 g/mol. The van der Waals surface area contributed by atoms with Gasteiger partial charge in [-0.15, -0.1) is 0 Å². The van der Waals surface area contributed by atoms with E-state index < -0.39 is 0 Å². The van der Waals surface area contributed by atoms with Crippen molar-refractivity contribution in [2.45, 2.75) is 38.6 Å². The van der Waals surface area contributed by atoms with Crippen LogP contribution in [0.5, 0.6) is 0 Å². The summed E-state index contributed by atoms with van der Waals surface area (Å²) in [7, 11) is 0. The van der Waals surface area contributed by atoms with E-state index in [4.69, 9.17) is 10.9 Å². The van der Waals surface area contributed by atoms with Gasteiger partial charge in [-0.05, 0) is 37.1 Å². The number of nitrogens with one attached hydrogen (secondary N) is 1. The van der Waals surface area contributed by atoms with E-state index in [1.165, 1.54) is 5.56 Å². The Morgan fingerprint density at radius 2 is 2.09 bits per heavy atom. The molecule has 0 bridgehead atoms. The fraction of sp³-hybridized carbons (Fsp3) is 0.533. The molecule has 0 radical (unpaired) electrons. The van der Waals surface area contributed by atoms with Crippen LogP contribution in [0.15, 0.2) is 18.2 Å². The third kappa shape index (κ3) is 4.76. The van der Waals surface area contributed by atoms with E-state index in [-0.39, 0.29) is 24.2 Å². The number of carbonyl (C=O) groups is 1. The number of hydrogen-bond donors (Lipinski definition) is 1. The van der Waals surface area contributed by atoms with Crippen molar-refractivity contribution in [2.24, 2.45) is 0 Å². The highest BCUT2D eigenvalue weighted by atomic mass is 127. The van der Waals surface area contributed by atoms with E-state index in [1.807, 2.05) is 78.1 Å². The first-order valence-corrected chi connectivity index (χ1v) is 8.83. The van der Waals surface area contributed by atoms with Gasteiger partial charge in [0, 0.05) is 18.5 Å². The van der Waals surface area contributed by atoms with Crippen LogP contribution >= 0.6 is 46.0 Å². The van der Waals surface area contributed by atoms with Crippen LogP contribution in [0.25, 0.3) is 0 Å². The lowest BCUT2D eigenvalue weighted by Crippen LogP contribution is -2.47. The first kappa shape index (κ1) is 18.4. The minimum Gasteiger partial charge on any atom is -0.371 e. The van der Waals surface area contributed by atoms with Crippen LogP contribution in [-0.4, -0.2) is 37.4 Å². The first-order valence-electron chi connectivity index (χ1n) is 7.07. The summed E-state index contributed by atoms with van der Waals surface area (Å²) in [5.74, 6) is -0.0915. The van der Waals surface area contributed by atoms with Crippen molar-refractivity contribution in [2.75, 3.05) is 13.2 Å². The van der Waals surface area contributed by atoms with E-state index in [9.17, 15) is 4.79 Å². The van der Waals surface area contributed by atoms with Gasteiger partial charge in [-0.3, -0.25) is 4.79 Å². The van der Waals surface area contributed by atoms with Gasteiger partial charge >= 0.3 is 0 Å². The Bertz CT molecular complexity index is 526. The average Bonchev–Trinajstić information content (AvgIpc) is 2.54. The Hall–Kier alpha value is 0.0300. The van der Waals surface area contributed by atoms with Crippen molar-refractivity contribution in [3.05, 3.63) is 34.9 Å². The van der Waals surface area contributed by atoms with E-state index in [1.54, 1.807) is 0 Å². The molecule has 3 atom stereocenters. The highest BCUT2D eigenvalue weighted by Gasteiger charge is 2.32. The van der Waals surface area contributed by atoms with Crippen LogP contribution in [0, 0.1) is 13.8 Å². The molecule has 0 aliphatic carbocycles. The van der Waals surface area contributed by atoms with Crippen LogP contribution in [0.3, 0.4) is 0 Å². The highest BCUT2D eigenvalue weighted by Crippen LogP contribution is 2.23. The summed E-state index contributed by atoms with van der Waals surface area (Å²) < 4.78 is 16.4. The number of aryl methyl sites for hydroxylation is 2. The second-order valence-electron chi connectivity index (χ2n) is 5.46. The van der Waals surface area contributed by atoms with Crippen molar-refractivity contribution in [3.8, 4) is 0 Å². The standard InChI is InChI=1S/C15H19I2NO4/c1-9-3-4-11(5-10(9)2)15(19)18-7-14-13(22-17)6-12(21-16)8-20-14/h3-5,12-14H,6-8H2,1-2H3,(H,18,19)/t12-,13?,14+/m1/s1. The number of amides is 1. The fourth-order valence-corrected chi connectivity index (χ4v) is 3.23.